The molecule has 6 nitrogen and oxygen atoms in total. The summed E-state index contributed by atoms with van der Waals surface area (Å²) in [5.41, 5.74) is 3.87. The Hall–Kier alpha value is -4.19. The maximum atomic E-state index is 13.8. The van der Waals surface area contributed by atoms with Crippen LogP contribution in [0, 0.1) is 5.92 Å². The fourth-order valence-electron chi connectivity index (χ4n) is 5.64. The van der Waals surface area contributed by atoms with Crippen LogP contribution in [0.4, 0.5) is 0 Å². The molecule has 0 radical (unpaired) electrons. The first kappa shape index (κ1) is 27.4. The van der Waals surface area contributed by atoms with E-state index in [1.165, 1.54) is 0 Å². The summed E-state index contributed by atoms with van der Waals surface area (Å²) >= 11 is 0. The molecule has 3 aromatic rings. The number of allylic oxidation sites excluding steroid dienone is 1. The Bertz CT molecular complexity index is 1380. The molecule has 206 valence electrons. The highest BCUT2D eigenvalue weighted by atomic mass is 16.6. The third-order valence-electron chi connectivity index (χ3n) is 7.49. The number of Topliss-reactive ketones (excluding diaryl/α,β-unsaturated/α-hetero) is 1. The van der Waals surface area contributed by atoms with Crippen LogP contribution in [0.3, 0.4) is 0 Å². The second kappa shape index (κ2) is 12.8. The number of carbonyl (C=O) groups excluding carboxylic acids is 2. The number of aliphatic imine (C=N–C) groups is 1. The summed E-state index contributed by atoms with van der Waals surface area (Å²) in [6.07, 6.45) is 2.00. The third-order valence-corrected chi connectivity index (χ3v) is 7.49. The van der Waals surface area contributed by atoms with Crippen molar-refractivity contribution in [3.05, 3.63) is 107 Å². The quantitative estimate of drug-likeness (QED) is 0.213. The van der Waals surface area contributed by atoms with E-state index in [4.69, 9.17) is 19.2 Å². The molecule has 1 heterocycles. The first-order valence-electron chi connectivity index (χ1n) is 14.0. The second-order valence-electron chi connectivity index (χ2n) is 10.3. The zero-order chi connectivity index (χ0) is 27.9. The number of carbonyl (C=O) groups is 2. The third kappa shape index (κ3) is 6.17. The molecule has 3 atom stereocenters. The fourth-order valence-corrected chi connectivity index (χ4v) is 5.64. The number of benzene rings is 3. The molecule has 6 heteroatoms. The van der Waals surface area contributed by atoms with Gasteiger partial charge in [0.1, 0.15) is 30.5 Å². The summed E-state index contributed by atoms with van der Waals surface area (Å²) in [4.78, 5) is 32.2. The molecule has 40 heavy (non-hydrogen) atoms. The average molecular weight is 538 g/mol. The van der Waals surface area contributed by atoms with E-state index in [9.17, 15) is 9.59 Å². The predicted octanol–water partition coefficient (Wildman–Crippen LogP) is 6.67. The van der Waals surface area contributed by atoms with Crippen LogP contribution in [0.1, 0.15) is 56.1 Å². The van der Waals surface area contributed by atoms with Crippen molar-refractivity contribution in [3.8, 4) is 11.5 Å². The predicted molar refractivity (Wildman–Crippen MR) is 155 cm³/mol. The summed E-state index contributed by atoms with van der Waals surface area (Å²) in [6.45, 7) is 4.84. The van der Waals surface area contributed by atoms with Gasteiger partial charge in [-0.05, 0) is 61.1 Å². The van der Waals surface area contributed by atoms with Crippen LogP contribution < -0.4 is 9.47 Å². The van der Waals surface area contributed by atoms with Crippen LogP contribution in [0.15, 0.2) is 101 Å². The number of ether oxygens (including phenoxy) is 3. The lowest BCUT2D eigenvalue weighted by atomic mass is 9.66. The minimum absolute atomic E-state index is 0.0746. The van der Waals surface area contributed by atoms with Crippen LogP contribution in [0.5, 0.6) is 11.5 Å². The van der Waals surface area contributed by atoms with Crippen molar-refractivity contribution >= 4 is 17.5 Å². The van der Waals surface area contributed by atoms with Crippen molar-refractivity contribution in [1.29, 1.82) is 0 Å². The molecular formula is C34H35NO5. The Morgan fingerprint density at radius 1 is 0.775 bits per heavy atom. The molecule has 1 saturated carbocycles. The average Bonchev–Trinajstić information content (AvgIpc) is 2.98. The number of fused-ring (bicyclic) bond motifs is 1. The topological polar surface area (TPSA) is 74.2 Å². The van der Waals surface area contributed by atoms with Gasteiger partial charge in [-0.15, -0.1) is 0 Å². The van der Waals surface area contributed by atoms with Gasteiger partial charge < -0.3 is 14.2 Å². The zero-order valence-electron chi connectivity index (χ0n) is 23.0. The number of hydrogen-bond acceptors (Lipinski definition) is 6. The molecule has 3 aromatic carbocycles. The highest BCUT2D eigenvalue weighted by Gasteiger charge is 2.46. The van der Waals surface area contributed by atoms with Crippen molar-refractivity contribution in [2.75, 3.05) is 19.8 Å². The molecule has 1 unspecified atom stereocenters. The Labute approximate surface area is 235 Å². The Balaban J connectivity index is 1.41. The number of para-hydroxylation sites is 1. The molecule has 1 aliphatic carbocycles. The zero-order valence-corrected chi connectivity index (χ0v) is 23.0. The summed E-state index contributed by atoms with van der Waals surface area (Å²) in [5.74, 6) is 0.202. The molecule has 1 aliphatic heterocycles. The van der Waals surface area contributed by atoms with Gasteiger partial charge in [-0.2, -0.15) is 0 Å². The number of esters is 1. The van der Waals surface area contributed by atoms with Gasteiger partial charge in [0.15, 0.2) is 0 Å². The van der Waals surface area contributed by atoms with E-state index in [2.05, 4.69) is 19.1 Å². The van der Waals surface area contributed by atoms with Gasteiger partial charge in [-0.3, -0.25) is 9.79 Å². The minimum Gasteiger partial charge on any atom is -0.494 e. The summed E-state index contributed by atoms with van der Waals surface area (Å²) in [6, 6.07) is 27.2. The number of rotatable bonds is 10. The fraction of sp³-hybridized carbons (Fsp3) is 0.324. The lowest BCUT2D eigenvalue weighted by molar-refractivity contribution is -0.140. The Morgan fingerprint density at radius 3 is 2.12 bits per heavy atom. The first-order chi connectivity index (χ1) is 19.5. The number of ketones is 1. The molecule has 0 spiro atoms. The van der Waals surface area contributed by atoms with Gasteiger partial charge in [0.05, 0.1) is 18.1 Å². The van der Waals surface area contributed by atoms with Gasteiger partial charge >= 0.3 is 5.97 Å². The van der Waals surface area contributed by atoms with Crippen molar-refractivity contribution in [2.45, 2.75) is 44.9 Å². The van der Waals surface area contributed by atoms with E-state index in [1.807, 2.05) is 79.7 Å². The molecular weight excluding hydrogens is 502 g/mol. The van der Waals surface area contributed by atoms with Crippen molar-refractivity contribution in [1.82, 2.24) is 0 Å². The van der Waals surface area contributed by atoms with E-state index in [0.29, 0.717) is 36.5 Å². The van der Waals surface area contributed by atoms with E-state index >= 15 is 0 Å². The molecule has 0 aromatic heterocycles. The van der Waals surface area contributed by atoms with Gasteiger partial charge in [0, 0.05) is 23.7 Å². The van der Waals surface area contributed by atoms with E-state index in [0.717, 1.165) is 29.0 Å². The molecule has 0 saturated heterocycles. The van der Waals surface area contributed by atoms with Crippen LogP contribution >= 0.6 is 0 Å². The standard InChI is InChI=1S/C34H35NO5/c1-3-18-38-28-16-14-25(15-17-28)32-31(34(37)40-20-19-39-27-12-8-5-9-13-27)23(2)35-29-21-26(22-30(36)33(29)32)24-10-6-4-7-11-24/h4-17,26,32-33H,3,18-22H2,1-2H3/t26-,32+,33?/m0/s1. The lowest BCUT2D eigenvalue weighted by Gasteiger charge is -2.38. The number of nitrogens with zero attached hydrogens (tertiary/aromatic N) is 1. The van der Waals surface area contributed by atoms with Crippen molar-refractivity contribution in [2.24, 2.45) is 10.9 Å². The first-order valence-corrected chi connectivity index (χ1v) is 14.0. The number of hydrogen-bond donors (Lipinski definition) is 0. The highest BCUT2D eigenvalue weighted by Crippen LogP contribution is 2.46. The molecule has 5 rings (SSSR count). The lowest BCUT2D eigenvalue weighted by Crippen LogP contribution is -2.41. The van der Waals surface area contributed by atoms with Gasteiger partial charge in [-0.1, -0.05) is 67.6 Å². The monoisotopic (exact) mass is 537 g/mol. The maximum Gasteiger partial charge on any atom is 0.336 e. The molecule has 0 N–H and O–H groups in total. The molecule has 0 bridgehead atoms. The summed E-state index contributed by atoms with van der Waals surface area (Å²) < 4.78 is 17.2. The van der Waals surface area contributed by atoms with Gasteiger partial charge in [-0.25, -0.2) is 4.79 Å². The smallest absolute Gasteiger partial charge is 0.336 e. The van der Waals surface area contributed by atoms with E-state index in [1.54, 1.807) is 0 Å². The van der Waals surface area contributed by atoms with Gasteiger partial charge in [0.2, 0.25) is 0 Å². The van der Waals surface area contributed by atoms with Gasteiger partial charge in [0.25, 0.3) is 0 Å². The maximum absolute atomic E-state index is 13.8. The SMILES string of the molecule is CCCOc1ccc([C@@H]2C(C(=O)OCCOc3ccccc3)=C(C)N=C3C[C@H](c4ccccc4)CC(=O)C32)cc1. The molecule has 2 aliphatic rings. The normalized spacial score (nSPS) is 20.4. The van der Waals surface area contributed by atoms with E-state index in [-0.39, 0.29) is 24.9 Å². The highest BCUT2D eigenvalue weighted by molar-refractivity contribution is 6.12. The molecule has 0 amide bonds. The Kier molecular flexibility index (Phi) is 8.74. The van der Waals surface area contributed by atoms with Crippen molar-refractivity contribution in [3.63, 3.8) is 0 Å². The van der Waals surface area contributed by atoms with Crippen LogP contribution in [-0.4, -0.2) is 37.3 Å². The largest absolute Gasteiger partial charge is 0.494 e. The van der Waals surface area contributed by atoms with Crippen molar-refractivity contribution < 1.29 is 23.8 Å². The summed E-state index contributed by atoms with van der Waals surface area (Å²) in [7, 11) is 0. The van der Waals surface area contributed by atoms with E-state index < -0.39 is 17.8 Å². The van der Waals surface area contributed by atoms with Crippen LogP contribution in [-0.2, 0) is 14.3 Å². The molecule has 1 fully saturated rings. The van der Waals surface area contributed by atoms with Crippen LogP contribution in [0.2, 0.25) is 0 Å². The Morgan fingerprint density at radius 2 is 1.43 bits per heavy atom. The minimum atomic E-state index is -0.505. The second-order valence-corrected chi connectivity index (χ2v) is 10.3. The summed E-state index contributed by atoms with van der Waals surface area (Å²) in [5, 5.41) is 0. The van der Waals surface area contributed by atoms with Crippen LogP contribution in [0.25, 0.3) is 0 Å².